The highest BCUT2D eigenvalue weighted by Crippen LogP contribution is 2.33. The molecule has 0 amide bonds. The molecule has 0 saturated heterocycles. The number of methoxy groups -OCH3 is 1. The molecule has 0 unspecified atom stereocenters. The number of hydrogen-bond donors (Lipinski definition) is 0. The highest BCUT2D eigenvalue weighted by molar-refractivity contribution is 7.92. The molecule has 1 aliphatic rings. The molecule has 0 saturated carbocycles. The van der Waals surface area contributed by atoms with Crippen LogP contribution in [0.3, 0.4) is 0 Å². The normalized spacial score (nSPS) is 14.5. The number of para-hydroxylation sites is 1. The number of ketones is 1. The van der Waals surface area contributed by atoms with Gasteiger partial charge in [0.1, 0.15) is 5.75 Å². The van der Waals surface area contributed by atoms with Crippen LogP contribution in [0.25, 0.3) is 0 Å². The van der Waals surface area contributed by atoms with Gasteiger partial charge in [-0.3, -0.25) is 9.10 Å². The Labute approximate surface area is 135 Å². The first kappa shape index (κ1) is 15.6. The topological polar surface area (TPSA) is 63.7 Å². The Morgan fingerprint density at radius 3 is 2.61 bits per heavy atom. The molecule has 0 atom stereocenters. The van der Waals surface area contributed by atoms with Gasteiger partial charge in [0, 0.05) is 24.6 Å². The number of aryl methyl sites for hydroxylation is 1. The van der Waals surface area contributed by atoms with E-state index >= 15 is 0 Å². The van der Waals surface area contributed by atoms with E-state index in [1.807, 2.05) is 6.92 Å². The van der Waals surface area contributed by atoms with E-state index in [-0.39, 0.29) is 23.6 Å². The van der Waals surface area contributed by atoms with Crippen LogP contribution in [0, 0.1) is 6.92 Å². The van der Waals surface area contributed by atoms with Gasteiger partial charge in [-0.2, -0.15) is 0 Å². The molecule has 0 aliphatic carbocycles. The van der Waals surface area contributed by atoms with Crippen molar-refractivity contribution in [2.45, 2.75) is 18.2 Å². The molecule has 0 radical (unpaired) electrons. The van der Waals surface area contributed by atoms with Crippen LogP contribution in [0.15, 0.2) is 47.4 Å². The largest absolute Gasteiger partial charge is 0.496 e. The summed E-state index contributed by atoms with van der Waals surface area (Å²) in [6, 6.07) is 11.6. The van der Waals surface area contributed by atoms with E-state index < -0.39 is 10.0 Å². The zero-order chi connectivity index (χ0) is 16.6. The summed E-state index contributed by atoms with van der Waals surface area (Å²) in [6.07, 6.45) is 0.180. The van der Waals surface area contributed by atoms with Gasteiger partial charge in [-0.25, -0.2) is 8.42 Å². The maximum atomic E-state index is 13.0. The van der Waals surface area contributed by atoms with Crippen molar-refractivity contribution in [2.24, 2.45) is 0 Å². The van der Waals surface area contributed by atoms with Crippen LogP contribution in [0.5, 0.6) is 5.75 Å². The lowest BCUT2D eigenvalue weighted by Gasteiger charge is -2.29. The number of anilines is 1. The third-order valence-corrected chi connectivity index (χ3v) is 5.79. The highest BCUT2D eigenvalue weighted by atomic mass is 32.2. The van der Waals surface area contributed by atoms with E-state index in [1.54, 1.807) is 36.4 Å². The van der Waals surface area contributed by atoms with Crippen molar-refractivity contribution in [3.05, 3.63) is 53.6 Å². The van der Waals surface area contributed by atoms with Crippen LogP contribution in [-0.2, 0) is 10.0 Å². The molecule has 0 fully saturated rings. The molecule has 5 nitrogen and oxygen atoms in total. The summed E-state index contributed by atoms with van der Waals surface area (Å²) < 4.78 is 32.5. The van der Waals surface area contributed by atoms with Crippen LogP contribution >= 0.6 is 0 Å². The monoisotopic (exact) mass is 331 g/mol. The van der Waals surface area contributed by atoms with Crippen molar-refractivity contribution >= 4 is 21.5 Å². The second-order valence-corrected chi connectivity index (χ2v) is 7.26. The number of Topliss-reactive ketones (excluding diaryl/α,β-unsaturated/α-hetero) is 1. The smallest absolute Gasteiger partial charge is 0.264 e. The van der Waals surface area contributed by atoms with E-state index in [9.17, 15) is 13.2 Å². The minimum Gasteiger partial charge on any atom is -0.496 e. The van der Waals surface area contributed by atoms with Crippen molar-refractivity contribution in [1.82, 2.24) is 0 Å². The van der Waals surface area contributed by atoms with Crippen LogP contribution in [0.4, 0.5) is 5.69 Å². The summed E-state index contributed by atoms with van der Waals surface area (Å²) in [5.41, 5.74) is 1.74. The number of carbonyl (C=O) groups excluding carboxylic acids is 1. The van der Waals surface area contributed by atoms with Gasteiger partial charge in [-0.05, 0) is 30.7 Å². The summed E-state index contributed by atoms with van der Waals surface area (Å²) >= 11 is 0. The number of nitrogens with zero attached hydrogens (tertiary/aromatic N) is 1. The standard InChI is InChI=1S/C17H17NO4S/c1-12-7-8-13(11-17(12)22-2)23(20,21)18-10-9-16(19)14-5-3-4-6-15(14)18/h3-8,11H,9-10H2,1-2H3. The van der Waals surface area contributed by atoms with Gasteiger partial charge in [-0.15, -0.1) is 0 Å². The van der Waals surface area contributed by atoms with Crippen LogP contribution in [0.2, 0.25) is 0 Å². The number of carbonyl (C=O) groups is 1. The van der Waals surface area contributed by atoms with Gasteiger partial charge in [-0.1, -0.05) is 18.2 Å². The second-order valence-electron chi connectivity index (χ2n) is 5.40. The van der Waals surface area contributed by atoms with Gasteiger partial charge in [0.25, 0.3) is 10.0 Å². The van der Waals surface area contributed by atoms with Gasteiger partial charge < -0.3 is 4.74 Å². The lowest BCUT2D eigenvalue weighted by Crippen LogP contribution is -2.37. The van der Waals surface area contributed by atoms with E-state index in [4.69, 9.17) is 4.74 Å². The van der Waals surface area contributed by atoms with E-state index in [0.29, 0.717) is 17.0 Å². The Bertz CT molecular complexity index is 874. The average molecular weight is 331 g/mol. The fourth-order valence-corrected chi connectivity index (χ4v) is 4.22. The summed E-state index contributed by atoms with van der Waals surface area (Å²) in [5.74, 6) is 0.487. The van der Waals surface area contributed by atoms with Gasteiger partial charge in [0.2, 0.25) is 0 Å². The molecule has 2 aromatic rings. The molecule has 0 spiro atoms. The van der Waals surface area contributed by atoms with Gasteiger partial charge in [0.05, 0.1) is 17.7 Å². The lowest BCUT2D eigenvalue weighted by atomic mass is 10.0. The van der Waals surface area contributed by atoms with E-state index in [2.05, 4.69) is 0 Å². The fraction of sp³-hybridized carbons (Fsp3) is 0.235. The molecule has 0 N–H and O–H groups in total. The molecule has 0 bridgehead atoms. The molecule has 1 aliphatic heterocycles. The first-order valence-corrected chi connectivity index (χ1v) is 8.69. The Morgan fingerprint density at radius 2 is 1.87 bits per heavy atom. The Kier molecular flexibility index (Phi) is 3.85. The number of benzene rings is 2. The van der Waals surface area contributed by atoms with Crippen LogP contribution < -0.4 is 9.04 Å². The van der Waals surface area contributed by atoms with Crippen molar-refractivity contribution in [3.63, 3.8) is 0 Å². The molecule has 23 heavy (non-hydrogen) atoms. The molecule has 3 rings (SSSR count). The minimum atomic E-state index is -3.75. The third-order valence-electron chi connectivity index (χ3n) is 3.98. The van der Waals surface area contributed by atoms with Gasteiger partial charge in [0.15, 0.2) is 5.78 Å². The molecule has 6 heteroatoms. The maximum Gasteiger partial charge on any atom is 0.264 e. The maximum absolute atomic E-state index is 13.0. The van der Waals surface area contributed by atoms with Crippen molar-refractivity contribution in [1.29, 1.82) is 0 Å². The van der Waals surface area contributed by atoms with Crippen LogP contribution in [-0.4, -0.2) is 27.9 Å². The summed E-state index contributed by atoms with van der Waals surface area (Å²) in [5, 5.41) is 0. The number of rotatable bonds is 3. The molecule has 2 aromatic carbocycles. The van der Waals surface area contributed by atoms with E-state index in [0.717, 1.165) is 5.56 Å². The SMILES string of the molecule is COc1cc(S(=O)(=O)N2CCC(=O)c3ccccc32)ccc1C. The Hall–Kier alpha value is -2.34. The summed E-state index contributed by atoms with van der Waals surface area (Å²) in [6.45, 7) is 2.00. The Morgan fingerprint density at radius 1 is 1.13 bits per heavy atom. The number of ether oxygens (including phenoxy) is 1. The summed E-state index contributed by atoms with van der Waals surface area (Å²) in [7, 11) is -2.24. The van der Waals surface area contributed by atoms with Crippen molar-refractivity contribution < 1.29 is 17.9 Å². The second kappa shape index (κ2) is 5.70. The molecular weight excluding hydrogens is 314 g/mol. The van der Waals surface area contributed by atoms with Crippen LogP contribution in [0.1, 0.15) is 22.3 Å². The molecule has 1 heterocycles. The predicted molar refractivity (Wildman–Crippen MR) is 87.7 cm³/mol. The number of fused-ring (bicyclic) bond motifs is 1. The zero-order valence-corrected chi connectivity index (χ0v) is 13.8. The molecule has 0 aromatic heterocycles. The number of hydrogen-bond acceptors (Lipinski definition) is 4. The minimum absolute atomic E-state index is 0.0338. The van der Waals surface area contributed by atoms with Crippen molar-refractivity contribution in [3.8, 4) is 5.75 Å². The quantitative estimate of drug-likeness (QED) is 0.867. The van der Waals surface area contributed by atoms with Crippen molar-refractivity contribution in [2.75, 3.05) is 18.0 Å². The first-order chi connectivity index (χ1) is 10.9. The summed E-state index contributed by atoms with van der Waals surface area (Å²) in [4.78, 5) is 12.2. The van der Waals surface area contributed by atoms with Gasteiger partial charge >= 0.3 is 0 Å². The fourth-order valence-electron chi connectivity index (χ4n) is 2.72. The molecular formula is C17H17NO4S. The Balaban J connectivity index is 2.11. The molecule has 120 valence electrons. The zero-order valence-electron chi connectivity index (χ0n) is 12.9. The average Bonchev–Trinajstić information content (AvgIpc) is 2.55. The third kappa shape index (κ3) is 2.59. The predicted octanol–water partition coefficient (Wildman–Crippen LogP) is 2.79. The first-order valence-electron chi connectivity index (χ1n) is 7.25. The van der Waals surface area contributed by atoms with E-state index in [1.165, 1.54) is 17.5 Å². The lowest BCUT2D eigenvalue weighted by molar-refractivity contribution is 0.0982. The number of sulfonamides is 1. The highest BCUT2D eigenvalue weighted by Gasteiger charge is 2.32.